The molecule has 0 spiro atoms. The Labute approximate surface area is 191 Å². The van der Waals surface area contributed by atoms with Gasteiger partial charge >= 0.3 is 0 Å². The molecule has 0 bridgehead atoms. The van der Waals surface area contributed by atoms with Crippen LogP contribution in [-0.4, -0.2) is 63.8 Å². The Kier molecular flexibility index (Phi) is 12.7. The Hall–Kier alpha value is -1.55. The van der Waals surface area contributed by atoms with Crippen molar-refractivity contribution in [1.29, 1.82) is 0 Å². The maximum Gasteiger partial charge on any atom is 0.220 e. The Balaban J connectivity index is 0.00000420. The Bertz CT molecular complexity index is 634. The molecule has 0 radical (unpaired) electrons. The summed E-state index contributed by atoms with van der Waals surface area (Å²) in [6.07, 6.45) is 2.65. The normalized spacial score (nSPS) is 14.9. The summed E-state index contributed by atoms with van der Waals surface area (Å²) < 4.78 is 10.7. The highest BCUT2D eigenvalue weighted by Crippen LogP contribution is 2.21. The topological polar surface area (TPSA) is 75.2 Å². The van der Waals surface area contributed by atoms with E-state index in [-0.39, 0.29) is 29.9 Å². The molecule has 8 heteroatoms. The maximum atomic E-state index is 11.6. The lowest BCUT2D eigenvalue weighted by molar-refractivity contribution is -0.121. The summed E-state index contributed by atoms with van der Waals surface area (Å²) in [6, 6.07) is 8.03. The number of piperidine rings is 1. The van der Waals surface area contributed by atoms with Crippen molar-refractivity contribution in [3.63, 3.8) is 0 Å². The third kappa shape index (κ3) is 9.20. The van der Waals surface area contributed by atoms with Gasteiger partial charge in [-0.25, -0.2) is 4.99 Å². The van der Waals surface area contributed by atoms with Crippen LogP contribution < -0.4 is 15.4 Å². The minimum absolute atomic E-state index is 0. The molecule has 0 aromatic heterocycles. The first-order valence-corrected chi connectivity index (χ1v) is 10.1. The molecule has 2 rings (SSSR count). The molecule has 1 aliphatic rings. The van der Waals surface area contributed by atoms with Crippen molar-refractivity contribution in [3.05, 3.63) is 29.8 Å². The fourth-order valence-corrected chi connectivity index (χ4v) is 3.28. The van der Waals surface area contributed by atoms with Gasteiger partial charge in [-0.2, -0.15) is 0 Å². The second-order valence-electron chi connectivity index (χ2n) is 6.97. The minimum atomic E-state index is 0. The van der Waals surface area contributed by atoms with Crippen LogP contribution in [0.4, 0.5) is 0 Å². The molecule has 1 aromatic carbocycles. The van der Waals surface area contributed by atoms with E-state index in [9.17, 15) is 4.79 Å². The first-order valence-electron chi connectivity index (χ1n) is 10.1. The van der Waals surface area contributed by atoms with Gasteiger partial charge in [0, 0.05) is 40.2 Å². The van der Waals surface area contributed by atoms with Crippen LogP contribution >= 0.6 is 24.0 Å². The highest BCUT2D eigenvalue weighted by molar-refractivity contribution is 14.0. The van der Waals surface area contributed by atoms with Gasteiger partial charge in [-0.05, 0) is 43.4 Å². The Morgan fingerprint density at radius 1 is 1.28 bits per heavy atom. The first-order chi connectivity index (χ1) is 13.7. The van der Waals surface area contributed by atoms with Crippen LogP contribution in [0.15, 0.2) is 29.3 Å². The molecular weight excluding hydrogens is 483 g/mol. The number of nitrogens with one attached hydrogen (secondary N) is 2. The van der Waals surface area contributed by atoms with Crippen molar-refractivity contribution in [2.45, 2.75) is 32.7 Å². The average Bonchev–Trinajstić information content (AvgIpc) is 2.72. The van der Waals surface area contributed by atoms with E-state index in [1.807, 2.05) is 18.2 Å². The molecule has 1 saturated heterocycles. The number of methoxy groups -OCH3 is 1. The van der Waals surface area contributed by atoms with Crippen LogP contribution in [0.2, 0.25) is 0 Å². The zero-order valence-electron chi connectivity index (χ0n) is 17.8. The van der Waals surface area contributed by atoms with E-state index >= 15 is 0 Å². The lowest BCUT2D eigenvalue weighted by Crippen LogP contribution is -2.46. The molecule has 0 atom stereocenters. The maximum absolute atomic E-state index is 11.6. The number of likely N-dealkylation sites (tertiary alicyclic amines) is 1. The predicted octanol–water partition coefficient (Wildman–Crippen LogP) is 2.64. The average molecular weight is 518 g/mol. The van der Waals surface area contributed by atoms with Gasteiger partial charge in [0.1, 0.15) is 12.4 Å². The summed E-state index contributed by atoms with van der Waals surface area (Å²) in [5.74, 6) is 2.36. The van der Waals surface area contributed by atoms with E-state index in [2.05, 4.69) is 28.5 Å². The van der Waals surface area contributed by atoms with Gasteiger partial charge in [0.25, 0.3) is 0 Å². The third-order valence-corrected chi connectivity index (χ3v) is 4.87. The molecule has 2 N–H and O–H groups in total. The van der Waals surface area contributed by atoms with Crippen LogP contribution in [0.1, 0.15) is 31.7 Å². The summed E-state index contributed by atoms with van der Waals surface area (Å²) in [4.78, 5) is 18.7. The molecular formula is C21H35IN4O3. The van der Waals surface area contributed by atoms with Gasteiger partial charge in [0.05, 0.1) is 13.2 Å². The molecule has 7 nitrogen and oxygen atoms in total. The molecule has 0 unspecified atom stereocenters. The molecule has 1 aliphatic heterocycles. The van der Waals surface area contributed by atoms with Gasteiger partial charge in [0.2, 0.25) is 5.91 Å². The molecule has 1 heterocycles. The van der Waals surface area contributed by atoms with E-state index in [4.69, 9.17) is 14.5 Å². The first kappa shape index (κ1) is 25.5. The highest BCUT2D eigenvalue weighted by Gasteiger charge is 2.23. The quantitative estimate of drug-likeness (QED) is 0.228. The van der Waals surface area contributed by atoms with Crippen molar-refractivity contribution in [3.8, 4) is 5.75 Å². The number of guanidine groups is 1. The van der Waals surface area contributed by atoms with E-state index in [1.54, 1.807) is 14.2 Å². The monoisotopic (exact) mass is 518 g/mol. The van der Waals surface area contributed by atoms with Crippen LogP contribution in [0, 0.1) is 5.92 Å². The van der Waals surface area contributed by atoms with Gasteiger partial charge in [-0.3, -0.25) is 4.79 Å². The lowest BCUT2D eigenvalue weighted by atomic mass is 9.93. The number of aliphatic imine (C=N–C) groups is 1. The zero-order chi connectivity index (χ0) is 20.2. The number of hydrogen-bond acceptors (Lipinski definition) is 4. The number of halogens is 1. The smallest absolute Gasteiger partial charge is 0.220 e. The fraction of sp³-hybridized carbons (Fsp3) is 0.619. The second kappa shape index (κ2) is 14.4. The van der Waals surface area contributed by atoms with Gasteiger partial charge in [-0.1, -0.05) is 12.1 Å². The van der Waals surface area contributed by atoms with Crippen molar-refractivity contribution >= 4 is 35.8 Å². The number of benzene rings is 1. The van der Waals surface area contributed by atoms with E-state index < -0.39 is 0 Å². The number of rotatable bonds is 9. The number of hydrogen-bond donors (Lipinski definition) is 2. The van der Waals surface area contributed by atoms with E-state index in [0.717, 1.165) is 49.7 Å². The van der Waals surface area contributed by atoms with Crippen molar-refractivity contribution in [2.24, 2.45) is 10.9 Å². The molecule has 164 valence electrons. The molecule has 1 aromatic rings. The molecule has 1 amide bonds. The zero-order valence-corrected chi connectivity index (χ0v) is 20.1. The highest BCUT2D eigenvalue weighted by atomic mass is 127. The van der Waals surface area contributed by atoms with Crippen LogP contribution in [0.5, 0.6) is 5.75 Å². The van der Waals surface area contributed by atoms with Crippen molar-refractivity contribution in [2.75, 3.05) is 47.0 Å². The predicted molar refractivity (Wildman–Crippen MR) is 127 cm³/mol. The molecule has 29 heavy (non-hydrogen) atoms. The van der Waals surface area contributed by atoms with Crippen molar-refractivity contribution < 1.29 is 14.3 Å². The third-order valence-electron chi connectivity index (χ3n) is 4.87. The van der Waals surface area contributed by atoms with Crippen LogP contribution in [0.3, 0.4) is 0 Å². The van der Waals surface area contributed by atoms with Gasteiger partial charge in [0.15, 0.2) is 5.96 Å². The number of ether oxygens (including phenoxy) is 2. The van der Waals surface area contributed by atoms with Crippen LogP contribution in [-0.2, 0) is 16.1 Å². The van der Waals surface area contributed by atoms with Gasteiger partial charge < -0.3 is 25.0 Å². The molecule has 1 fully saturated rings. The van der Waals surface area contributed by atoms with E-state index in [0.29, 0.717) is 32.1 Å². The number of amides is 1. The number of nitrogens with zero attached hydrogens (tertiary/aromatic N) is 2. The van der Waals surface area contributed by atoms with Crippen LogP contribution in [0.25, 0.3) is 0 Å². The summed E-state index contributed by atoms with van der Waals surface area (Å²) in [5, 5.41) is 6.11. The van der Waals surface area contributed by atoms with Gasteiger partial charge in [-0.15, -0.1) is 24.0 Å². The number of carbonyl (C=O) groups excluding carboxylic acids is 1. The largest absolute Gasteiger partial charge is 0.491 e. The molecule has 0 aliphatic carbocycles. The number of carbonyl (C=O) groups is 1. The SMILES string of the molecule is CCNC(=NCc1cccc(OCCOC)c1)N1CCC(CC(=O)NC)CC1.I. The second-order valence-corrected chi connectivity index (χ2v) is 6.97. The Morgan fingerprint density at radius 2 is 2.03 bits per heavy atom. The summed E-state index contributed by atoms with van der Waals surface area (Å²) in [6.45, 7) is 6.47. The summed E-state index contributed by atoms with van der Waals surface area (Å²) in [7, 11) is 3.36. The Morgan fingerprint density at radius 3 is 2.69 bits per heavy atom. The summed E-state index contributed by atoms with van der Waals surface area (Å²) in [5.41, 5.74) is 1.11. The lowest BCUT2D eigenvalue weighted by Gasteiger charge is -2.34. The van der Waals surface area contributed by atoms with Crippen molar-refractivity contribution in [1.82, 2.24) is 15.5 Å². The minimum Gasteiger partial charge on any atom is -0.491 e. The summed E-state index contributed by atoms with van der Waals surface area (Å²) >= 11 is 0. The fourth-order valence-electron chi connectivity index (χ4n) is 3.28. The van der Waals surface area contributed by atoms with E-state index in [1.165, 1.54) is 0 Å². The standard InChI is InChI=1S/C21H34N4O3.HI/c1-4-23-21(25-10-8-17(9-11-25)15-20(26)22-2)24-16-18-6-5-7-19(14-18)28-13-12-27-3;/h5-7,14,17H,4,8-13,15-16H2,1-3H3,(H,22,26)(H,23,24);1H. The molecule has 0 saturated carbocycles.